The number of esters is 1. The highest BCUT2D eigenvalue weighted by molar-refractivity contribution is 5.74. The van der Waals surface area contributed by atoms with Gasteiger partial charge in [-0.05, 0) is 32.1 Å². The van der Waals surface area contributed by atoms with E-state index < -0.39 is 5.60 Å². The van der Waals surface area contributed by atoms with Gasteiger partial charge in [-0.2, -0.15) is 0 Å². The van der Waals surface area contributed by atoms with Crippen LogP contribution in [0.4, 0.5) is 0 Å². The van der Waals surface area contributed by atoms with Crippen molar-refractivity contribution in [2.75, 3.05) is 6.61 Å². The van der Waals surface area contributed by atoms with Crippen LogP contribution in [0, 0.1) is 11.3 Å². The molecule has 0 saturated heterocycles. The van der Waals surface area contributed by atoms with Crippen molar-refractivity contribution < 1.29 is 14.6 Å². The second-order valence-corrected chi connectivity index (χ2v) is 4.87. The zero-order valence-corrected chi connectivity index (χ0v) is 9.46. The third-order valence-corrected chi connectivity index (χ3v) is 3.68. The highest BCUT2D eigenvalue weighted by Crippen LogP contribution is 2.49. The molecule has 0 bridgehead atoms. The van der Waals surface area contributed by atoms with Crippen LogP contribution >= 0.6 is 0 Å². The van der Waals surface area contributed by atoms with Crippen LogP contribution < -0.4 is 0 Å². The Bertz CT molecular complexity index is 231. The Hall–Kier alpha value is -0.570. The van der Waals surface area contributed by atoms with E-state index in [1.807, 2.05) is 13.8 Å². The van der Waals surface area contributed by atoms with E-state index in [4.69, 9.17) is 4.74 Å². The molecule has 0 radical (unpaired) electrons. The fourth-order valence-electron chi connectivity index (χ4n) is 2.10. The van der Waals surface area contributed by atoms with Crippen molar-refractivity contribution in [2.24, 2.45) is 11.3 Å². The Kier molecular flexibility index (Phi) is 2.91. The molecule has 14 heavy (non-hydrogen) atoms. The first kappa shape index (κ1) is 11.5. The third kappa shape index (κ3) is 1.65. The second-order valence-electron chi connectivity index (χ2n) is 4.87. The molecule has 0 spiro atoms. The maximum atomic E-state index is 11.6. The molecular formula is C11H20O3. The summed E-state index contributed by atoms with van der Waals surface area (Å²) >= 11 is 0. The molecule has 82 valence electrons. The minimum absolute atomic E-state index is 0.204. The molecule has 0 aromatic heterocycles. The quantitative estimate of drug-likeness (QED) is 0.691. The largest absolute Gasteiger partial charge is 0.466 e. The van der Waals surface area contributed by atoms with Crippen LogP contribution in [-0.4, -0.2) is 23.3 Å². The van der Waals surface area contributed by atoms with Crippen molar-refractivity contribution in [3.63, 3.8) is 0 Å². The molecule has 3 nitrogen and oxygen atoms in total. The van der Waals surface area contributed by atoms with Crippen LogP contribution in [0.3, 0.4) is 0 Å². The van der Waals surface area contributed by atoms with Gasteiger partial charge in [0.1, 0.15) is 0 Å². The highest BCUT2D eigenvalue weighted by atomic mass is 16.5. The van der Waals surface area contributed by atoms with Gasteiger partial charge in [0.05, 0.1) is 18.1 Å². The molecule has 0 unspecified atom stereocenters. The smallest absolute Gasteiger partial charge is 0.311 e. The first-order chi connectivity index (χ1) is 6.33. The minimum Gasteiger partial charge on any atom is -0.466 e. The van der Waals surface area contributed by atoms with Crippen LogP contribution in [0.15, 0.2) is 0 Å². The Morgan fingerprint density at radius 3 is 2.43 bits per heavy atom. The molecule has 0 heterocycles. The molecular weight excluding hydrogens is 180 g/mol. The second kappa shape index (κ2) is 3.54. The monoisotopic (exact) mass is 200 g/mol. The number of hydrogen-bond acceptors (Lipinski definition) is 3. The van der Waals surface area contributed by atoms with Gasteiger partial charge >= 0.3 is 5.97 Å². The van der Waals surface area contributed by atoms with Gasteiger partial charge in [-0.25, -0.2) is 0 Å². The summed E-state index contributed by atoms with van der Waals surface area (Å²) in [5.41, 5.74) is -1.15. The number of carbonyl (C=O) groups excluding carboxylic acids is 1. The molecule has 1 rings (SSSR count). The Labute approximate surface area is 85.5 Å². The Balaban J connectivity index is 2.79. The zero-order chi connectivity index (χ0) is 11.0. The number of rotatable bonds is 2. The van der Waals surface area contributed by atoms with Crippen LogP contribution in [0.1, 0.15) is 40.5 Å². The first-order valence-corrected chi connectivity index (χ1v) is 5.22. The van der Waals surface area contributed by atoms with E-state index in [0.29, 0.717) is 6.61 Å². The minimum atomic E-state index is -0.945. The Morgan fingerprint density at radius 2 is 2.07 bits per heavy atom. The van der Waals surface area contributed by atoms with E-state index in [1.165, 1.54) is 0 Å². The number of carbonyl (C=O) groups is 1. The normalized spacial score (nSPS) is 35.6. The molecule has 1 saturated carbocycles. The lowest BCUT2D eigenvalue weighted by Gasteiger charge is -2.36. The third-order valence-electron chi connectivity index (χ3n) is 3.68. The van der Waals surface area contributed by atoms with Gasteiger partial charge in [0, 0.05) is 0 Å². The summed E-state index contributed by atoms with van der Waals surface area (Å²) in [6, 6.07) is 0. The fourth-order valence-corrected chi connectivity index (χ4v) is 2.10. The maximum Gasteiger partial charge on any atom is 0.311 e. The van der Waals surface area contributed by atoms with Gasteiger partial charge in [0.25, 0.3) is 0 Å². The summed E-state index contributed by atoms with van der Waals surface area (Å²) in [5.74, 6) is -0.625. The van der Waals surface area contributed by atoms with Crippen LogP contribution in [0.5, 0.6) is 0 Å². The van der Waals surface area contributed by atoms with Gasteiger partial charge in [-0.15, -0.1) is 0 Å². The van der Waals surface area contributed by atoms with Gasteiger partial charge in [0.2, 0.25) is 0 Å². The average molecular weight is 200 g/mol. The van der Waals surface area contributed by atoms with E-state index in [0.717, 1.165) is 12.8 Å². The van der Waals surface area contributed by atoms with E-state index in [-0.39, 0.29) is 17.3 Å². The fraction of sp³-hybridized carbons (Fsp3) is 0.909. The molecule has 0 amide bonds. The maximum absolute atomic E-state index is 11.6. The van der Waals surface area contributed by atoms with Crippen LogP contribution in [0.25, 0.3) is 0 Å². The summed E-state index contributed by atoms with van der Waals surface area (Å²) in [4.78, 5) is 11.6. The molecule has 1 N–H and O–H groups in total. The van der Waals surface area contributed by atoms with Crippen molar-refractivity contribution in [1.29, 1.82) is 0 Å². The highest BCUT2D eigenvalue weighted by Gasteiger charge is 2.54. The molecule has 1 fully saturated rings. The summed E-state index contributed by atoms with van der Waals surface area (Å²) < 4.78 is 4.96. The molecule has 0 aliphatic heterocycles. The van der Waals surface area contributed by atoms with E-state index >= 15 is 0 Å². The lowest BCUT2D eigenvalue weighted by Crippen LogP contribution is -2.45. The molecule has 1 aliphatic carbocycles. The van der Waals surface area contributed by atoms with Gasteiger partial charge in [0.15, 0.2) is 0 Å². The predicted octanol–water partition coefficient (Wildman–Crippen LogP) is 1.74. The molecule has 0 aromatic rings. The summed E-state index contributed by atoms with van der Waals surface area (Å²) in [6.45, 7) is 7.89. The predicted molar refractivity (Wildman–Crippen MR) is 53.8 cm³/mol. The van der Waals surface area contributed by atoms with Crippen molar-refractivity contribution in [1.82, 2.24) is 0 Å². The summed E-state index contributed by atoms with van der Waals surface area (Å²) in [6.07, 6.45) is 1.59. The molecule has 3 heteroatoms. The van der Waals surface area contributed by atoms with Crippen LogP contribution in [-0.2, 0) is 9.53 Å². The van der Waals surface area contributed by atoms with Gasteiger partial charge in [-0.3, -0.25) is 4.79 Å². The van der Waals surface area contributed by atoms with Crippen LogP contribution in [0.2, 0.25) is 0 Å². The SMILES string of the molecule is CCOC(=O)[C@@H]1CCC(C)(C)[C@]1(C)O. The van der Waals surface area contributed by atoms with Gasteiger partial charge in [-0.1, -0.05) is 13.8 Å². The summed E-state index contributed by atoms with van der Waals surface area (Å²) in [5, 5.41) is 10.3. The first-order valence-electron chi connectivity index (χ1n) is 5.22. The Morgan fingerprint density at radius 1 is 1.50 bits per heavy atom. The van der Waals surface area contributed by atoms with Crippen molar-refractivity contribution in [3.05, 3.63) is 0 Å². The number of hydrogen-bond donors (Lipinski definition) is 1. The standard InChI is InChI=1S/C11H20O3/c1-5-14-9(12)8-6-7-10(2,3)11(8,4)13/h8,13H,5-7H2,1-4H3/t8-,11+/m0/s1. The van der Waals surface area contributed by atoms with E-state index in [2.05, 4.69) is 0 Å². The lowest BCUT2D eigenvalue weighted by molar-refractivity contribution is -0.159. The van der Waals surface area contributed by atoms with E-state index in [1.54, 1.807) is 13.8 Å². The topological polar surface area (TPSA) is 46.5 Å². The molecule has 2 atom stereocenters. The molecule has 1 aliphatic rings. The number of ether oxygens (including phenoxy) is 1. The van der Waals surface area contributed by atoms with Crippen molar-refractivity contribution in [2.45, 2.75) is 46.1 Å². The summed E-state index contributed by atoms with van der Waals surface area (Å²) in [7, 11) is 0. The number of aliphatic hydroxyl groups is 1. The zero-order valence-electron chi connectivity index (χ0n) is 9.46. The van der Waals surface area contributed by atoms with Crippen molar-refractivity contribution >= 4 is 5.97 Å². The van der Waals surface area contributed by atoms with Gasteiger partial charge < -0.3 is 9.84 Å². The average Bonchev–Trinajstić information content (AvgIpc) is 2.23. The van der Waals surface area contributed by atoms with E-state index in [9.17, 15) is 9.90 Å². The molecule has 0 aromatic carbocycles. The van der Waals surface area contributed by atoms with Crippen molar-refractivity contribution in [3.8, 4) is 0 Å². The lowest BCUT2D eigenvalue weighted by atomic mass is 9.75.